The highest BCUT2D eigenvalue weighted by atomic mass is 16.5. The number of H-pyrrole nitrogens is 1. The number of aromatic nitrogens is 2. The number of likely N-dealkylation sites (N-methyl/N-ethyl adjacent to an activating group) is 1. The molecule has 1 aliphatic rings. The quantitative estimate of drug-likeness (QED) is 0.167. The van der Waals surface area contributed by atoms with Gasteiger partial charge in [0.1, 0.15) is 11.6 Å². The lowest BCUT2D eigenvalue weighted by Gasteiger charge is -2.10. The van der Waals surface area contributed by atoms with Gasteiger partial charge in [0.05, 0.1) is 29.0 Å². The normalized spacial score (nSPS) is 12.5. The molecule has 6 rings (SSSR count). The van der Waals surface area contributed by atoms with Gasteiger partial charge in [-0.3, -0.25) is 9.79 Å². The molecule has 230 valence electrons. The van der Waals surface area contributed by atoms with Crippen molar-refractivity contribution in [3.8, 4) is 28.3 Å². The van der Waals surface area contributed by atoms with Gasteiger partial charge in [0.25, 0.3) is 5.91 Å². The predicted molar refractivity (Wildman–Crippen MR) is 183 cm³/mol. The standard InChI is InChI=1S/C37H40N6O2/c1-42(2)19-5-21-45-31-15-12-26(13-16-31)36-40-32-17-14-29(23-35(32)41-36)28-10-11-30-24-33(39-34(30)22-28)25-6-8-27(9-7-25)37(44)38-18-20-43(3)4/h6-17,22-23H,5,18-21,24H2,1-4H3,(H,38,44)(H,40,41). The highest BCUT2D eigenvalue weighted by Crippen LogP contribution is 2.34. The van der Waals surface area contributed by atoms with Gasteiger partial charge in [0.15, 0.2) is 0 Å². The van der Waals surface area contributed by atoms with Crippen LogP contribution >= 0.6 is 0 Å². The molecule has 0 bridgehead atoms. The van der Waals surface area contributed by atoms with Crippen LogP contribution in [-0.4, -0.2) is 85.8 Å². The molecule has 45 heavy (non-hydrogen) atoms. The van der Waals surface area contributed by atoms with Gasteiger partial charge in [0, 0.05) is 37.2 Å². The van der Waals surface area contributed by atoms with Crippen molar-refractivity contribution in [2.75, 3.05) is 54.4 Å². The van der Waals surface area contributed by atoms with E-state index in [-0.39, 0.29) is 5.91 Å². The van der Waals surface area contributed by atoms with E-state index < -0.39 is 0 Å². The Labute approximate surface area is 264 Å². The smallest absolute Gasteiger partial charge is 0.251 e. The van der Waals surface area contributed by atoms with Crippen molar-refractivity contribution in [2.45, 2.75) is 12.8 Å². The molecular weight excluding hydrogens is 560 g/mol. The van der Waals surface area contributed by atoms with Gasteiger partial charge in [-0.1, -0.05) is 30.3 Å². The lowest BCUT2D eigenvalue weighted by atomic mass is 9.99. The number of aromatic amines is 1. The topological polar surface area (TPSA) is 85.8 Å². The molecule has 2 heterocycles. The molecule has 1 aliphatic heterocycles. The third-order valence-corrected chi connectivity index (χ3v) is 7.98. The number of imidazole rings is 1. The summed E-state index contributed by atoms with van der Waals surface area (Å²) in [5.41, 5.74) is 10.0. The van der Waals surface area contributed by atoms with Gasteiger partial charge in [-0.25, -0.2) is 4.98 Å². The van der Waals surface area contributed by atoms with Gasteiger partial charge in [-0.15, -0.1) is 0 Å². The van der Waals surface area contributed by atoms with Crippen molar-refractivity contribution in [3.63, 3.8) is 0 Å². The molecule has 0 saturated carbocycles. The number of aliphatic imine (C=N–C) groups is 1. The van der Waals surface area contributed by atoms with Crippen LogP contribution in [0.5, 0.6) is 5.75 Å². The molecule has 0 spiro atoms. The third-order valence-electron chi connectivity index (χ3n) is 7.98. The van der Waals surface area contributed by atoms with E-state index in [0.717, 1.165) is 82.2 Å². The molecule has 8 heteroatoms. The largest absolute Gasteiger partial charge is 0.494 e. The Bertz CT molecular complexity index is 1820. The van der Waals surface area contributed by atoms with Crippen LogP contribution in [0.25, 0.3) is 33.5 Å². The Morgan fingerprint density at radius 2 is 1.51 bits per heavy atom. The number of amides is 1. The van der Waals surface area contributed by atoms with E-state index in [1.807, 2.05) is 67.5 Å². The van der Waals surface area contributed by atoms with E-state index in [9.17, 15) is 4.79 Å². The minimum Gasteiger partial charge on any atom is -0.494 e. The first kappa shape index (κ1) is 30.2. The molecule has 2 N–H and O–H groups in total. The zero-order chi connectivity index (χ0) is 31.3. The van der Waals surface area contributed by atoms with Gasteiger partial charge < -0.3 is 24.8 Å². The minimum atomic E-state index is -0.0554. The molecule has 0 radical (unpaired) electrons. The fraction of sp³-hybridized carbons (Fsp3) is 0.270. The molecule has 1 amide bonds. The van der Waals surface area contributed by atoms with Crippen molar-refractivity contribution >= 4 is 28.3 Å². The Hall–Kier alpha value is -4.79. The molecule has 0 fully saturated rings. The van der Waals surface area contributed by atoms with E-state index in [0.29, 0.717) is 18.7 Å². The molecule has 4 aromatic carbocycles. The second kappa shape index (κ2) is 13.5. The number of ether oxygens (including phenoxy) is 1. The van der Waals surface area contributed by atoms with E-state index in [1.165, 1.54) is 5.56 Å². The summed E-state index contributed by atoms with van der Waals surface area (Å²) < 4.78 is 5.88. The maximum atomic E-state index is 12.5. The van der Waals surface area contributed by atoms with Crippen LogP contribution in [0.3, 0.4) is 0 Å². The van der Waals surface area contributed by atoms with Crippen LogP contribution in [0.1, 0.15) is 27.9 Å². The lowest BCUT2D eigenvalue weighted by molar-refractivity contribution is 0.0951. The third kappa shape index (κ3) is 7.30. The number of carbonyl (C=O) groups excluding carboxylic acids is 1. The first-order valence-electron chi connectivity index (χ1n) is 15.4. The number of hydrogen-bond donors (Lipinski definition) is 2. The van der Waals surface area contributed by atoms with Crippen LogP contribution in [0.2, 0.25) is 0 Å². The number of nitrogens with zero attached hydrogens (tertiary/aromatic N) is 4. The molecule has 0 atom stereocenters. The monoisotopic (exact) mass is 600 g/mol. The summed E-state index contributed by atoms with van der Waals surface area (Å²) in [5.74, 6) is 1.65. The zero-order valence-corrected chi connectivity index (χ0v) is 26.4. The lowest BCUT2D eigenvalue weighted by Crippen LogP contribution is -2.31. The number of rotatable bonds is 12. The predicted octanol–water partition coefficient (Wildman–Crippen LogP) is 6.20. The highest BCUT2D eigenvalue weighted by Gasteiger charge is 2.18. The molecule has 0 saturated heterocycles. The van der Waals surface area contributed by atoms with Crippen LogP contribution in [0, 0.1) is 0 Å². The number of benzene rings is 4. The summed E-state index contributed by atoms with van der Waals surface area (Å²) in [6.45, 7) is 3.13. The van der Waals surface area contributed by atoms with E-state index in [4.69, 9.17) is 14.7 Å². The fourth-order valence-electron chi connectivity index (χ4n) is 5.44. The highest BCUT2D eigenvalue weighted by molar-refractivity contribution is 6.07. The van der Waals surface area contributed by atoms with Crippen molar-refractivity contribution in [1.29, 1.82) is 0 Å². The van der Waals surface area contributed by atoms with Gasteiger partial charge in [0.2, 0.25) is 0 Å². The van der Waals surface area contributed by atoms with E-state index in [2.05, 4.69) is 65.7 Å². The van der Waals surface area contributed by atoms with Gasteiger partial charge >= 0.3 is 0 Å². The number of nitrogens with one attached hydrogen (secondary N) is 2. The van der Waals surface area contributed by atoms with Crippen LogP contribution < -0.4 is 10.1 Å². The molecule has 0 unspecified atom stereocenters. The average Bonchev–Trinajstić information content (AvgIpc) is 3.67. The Morgan fingerprint density at radius 1 is 0.822 bits per heavy atom. The summed E-state index contributed by atoms with van der Waals surface area (Å²) in [6, 6.07) is 28.6. The summed E-state index contributed by atoms with van der Waals surface area (Å²) in [6.07, 6.45) is 1.76. The number of carbonyl (C=O) groups is 1. The van der Waals surface area contributed by atoms with Crippen LogP contribution in [0.4, 0.5) is 5.69 Å². The SMILES string of the molecule is CN(C)CCCOc1ccc(-c2nc3ccc(-c4ccc5c(c4)N=C(c4ccc(C(=O)NCCN(C)C)cc4)C5)cc3[nH]2)cc1. The molecule has 1 aromatic heterocycles. The summed E-state index contributed by atoms with van der Waals surface area (Å²) in [7, 11) is 8.12. The van der Waals surface area contributed by atoms with Crippen molar-refractivity contribution in [2.24, 2.45) is 4.99 Å². The second-order valence-electron chi connectivity index (χ2n) is 12.1. The minimum absolute atomic E-state index is 0.0554. The number of hydrogen-bond acceptors (Lipinski definition) is 6. The fourth-order valence-corrected chi connectivity index (χ4v) is 5.44. The Morgan fingerprint density at radius 3 is 2.27 bits per heavy atom. The number of fused-ring (bicyclic) bond motifs is 2. The second-order valence-corrected chi connectivity index (χ2v) is 12.1. The maximum absolute atomic E-state index is 12.5. The van der Waals surface area contributed by atoms with E-state index in [1.54, 1.807) is 0 Å². The Balaban J connectivity index is 1.13. The molecule has 8 nitrogen and oxygen atoms in total. The molecule has 0 aliphatic carbocycles. The maximum Gasteiger partial charge on any atom is 0.251 e. The van der Waals surface area contributed by atoms with Gasteiger partial charge in [-0.05, 0) is 111 Å². The van der Waals surface area contributed by atoms with Crippen LogP contribution in [-0.2, 0) is 6.42 Å². The van der Waals surface area contributed by atoms with Gasteiger partial charge in [-0.2, -0.15) is 0 Å². The summed E-state index contributed by atoms with van der Waals surface area (Å²) in [5, 5.41) is 2.97. The first-order chi connectivity index (χ1) is 21.8. The van der Waals surface area contributed by atoms with Crippen molar-refractivity contribution in [3.05, 3.63) is 102 Å². The Kier molecular flexibility index (Phi) is 9.05. The molecular formula is C37H40N6O2. The average molecular weight is 601 g/mol. The first-order valence-corrected chi connectivity index (χ1v) is 15.4. The van der Waals surface area contributed by atoms with Crippen LogP contribution in [0.15, 0.2) is 89.9 Å². The van der Waals surface area contributed by atoms with Crippen molar-refractivity contribution in [1.82, 2.24) is 25.1 Å². The summed E-state index contributed by atoms with van der Waals surface area (Å²) in [4.78, 5) is 30.0. The molecule has 5 aromatic rings. The summed E-state index contributed by atoms with van der Waals surface area (Å²) >= 11 is 0. The van der Waals surface area contributed by atoms with E-state index >= 15 is 0 Å². The van der Waals surface area contributed by atoms with Crippen molar-refractivity contribution < 1.29 is 9.53 Å². The zero-order valence-electron chi connectivity index (χ0n) is 26.4.